The van der Waals surface area contributed by atoms with Crippen LogP contribution in [0.5, 0.6) is 11.5 Å². The van der Waals surface area contributed by atoms with Crippen molar-refractivity contribution >= 4 is 17.2 Å². The fourth-order valence-corrected chi connectivity index (χ4v) is 1.85. The number of nitrogens with two attached hydrogens (primary N) is 1. The van der Waals surface area contributed by atoms with Crippen LogP contribution in [0.1, 0.15) is 5.56 Å². The smallest absolute Gasteiger partial charge is 0.416 e. The number of hydrogen-bond donors (Lipinski definition) is 3. The largest absolute Gasteiger partial charge is 0.451 e. The lowest BCUT2D eigenvalue weighted by molar-refractivity contribution is -0.138. The molecular weight excluding hydrogens is 392 g/mol. The Balaban J connectivity index is 2.34. The van der Waals surface area contributed by atoms with E-state index in [2.05, 4.69) is 10.5 Å². The van der Waals surface area contributed by atoms with E-state index in [1.54, 1.807) is 0 Å². The van der Waals surface area contributed by atoms with Crippen LogP contribution in [0.4, 0.5) is 32.0 Å². The summed E-state index contributed by atoms with van der Waals surface area (Å²) in [5.74, 6) is -6.32. The molecule has 0 aliphatic rings. The van der Waals surface area contributed by atoms with Gasteiger partial charge in [-0.2, -0.15) is 23.5 Å². The quantitative estimate of drug-likeness (QED) is 0.303. The molecule has 146 valence electrons. The summed E-state index contributed by atoms with van der Waals surface area (Å²) in [6.07, 6.45) is -4.96. The van der Waals surface area contributed by atoms with Crippen molar-refractivity contribution in [2.45, 2.75) is 6.18 Å². The lowest BCUT2D eigenvalue weighted by Crippen LogP contribution is -2.22. The summed E-state index contributed by atoms with van der Waals surface area (Å²) in [5, 5.41) is 19.2. The Morgan fingerprint density at radius 1 is 1.11 bits per heavy atom. The molecule has 0 atom stereocenters. The Morgan fingerprint density at radius 3 is 2.21 bits per heavy atom. The zero-order valence-electron chi connectivity index (χ0n) is 13.5. The van der Waals surface area contributed by atoms with Crippen LogP contribution in [0.15, 0.2) is 35.4 Å². The summed E-state index contributed by atoms with van der Waals surface area (Å²) >= 11 is 0. The molecule has 0 heterocycles. The maximum Gasteiger partial charge on any atom is 0.416 e. The highest BCUT2D eigenvalue weighted by Gasteiger charge is 2.33. The second-order valence-electron chi connectivity index (χ2n) is 5.11. The van der Waals surface area contributed by atoms with E-state index in [0.29, 0.717) is 0 Å². The fourth-order valence-electron chi connectivity index (χ4n) is 1.85. The number of hydrogen-bond acceptors (Lipinski definition) is 5. The van der Waals surface area contributed by atoms with Gasteiger partial charge in [0.25, 0.3) is 0 Å². The molecule has 0 aliphatic carbocycles. The molecule has 0 unspecified atom stereocenters. The summed E-state index contributed by atoms with van der Waals surface area (Å²) in [7, 11) is 0. The number of amidine groups is 1. The Bertz CT molecular complexity index is 973. The van der Waals surface area contributed by atoms with E-state index in [4.69, 9.17) is 21.1 Å². The van der Waals surface area contributed by atoms with Crippen molar-refractivity contribution < 1.29 is 31.1 Å². The molecule has 0 spiro atoms. The summed E-state index contributed by atoms with van der Waals surface area (Å²) in [4.78, 5) is 0. The standard InChI is InChI=1S/C16H9F6N5O/c17-9-2-1-8(5-12(9)26-27-13(6-23)15(24)25)28-14-10(18)3-7(4-11(14)19)16(20,21)22/h1-5,26H,(H3,24,25)/b27-13+. The molecule has 28 heavy (non-hydrogen) atoms. The minimum absolute atomic E-state index is 0.0530. The zero-order valence-corrected chi connectivity index (χ0v) is 13.5. The van der Waals surface area contributed by atoms with E-state index < -0.39 is 52.2 Å². The maximum absolute atomic E-state index is 13.8. The van der Waals surface area contributed by atoms with E-state index >= 15 is 0 Å². The van der Waals surface area contributed by atoms with E-state index in [0.717, 1.165) is 18.2 Å². The normalized spacial score (nSPS) is 11.7. The predicted octanol–water partition coefficient (Wildman–Crippen LogP) is 4.14. The topological polar surface area (TPSA) is 107 Å². The zero-order chi connectivity index (χ0) is 21.1. The first-order valence-electron chi connectivity index (χ1n) is 7.14. The maximum atomic E-state index is 13.8. The number of ether oxygens (including phenoxy) is 1. The van der Waals surface area contributed by atoms with Crippen LogP contribution in [-0.4, -0.2) is 11.5 Å². The Hall–Kier alpha value is -3.75. The van der Waals surface area contributed by atoms with Crippen molar-refractivity contribution in [1.82, 2.24) is 0 Å². The molecule has 0 saturated carbocycles. The van der Waals surface area contributed by atoms with E-state index in [9.17, 15) is 26.3 Å². The van der Waals surface area contributed by atoms with Gasteiger partial charge in [0.2, 0.25) is 5.71 Å². The van der Waals surface area contributed by atoms with Gasteiger partial charge in [0.15, 0.2) is 23.2 Å². The molecular formula is C16H9F6N5O. The van der Waals surface area contributed by atoms with Crippen molar-refractivity contribution in [2.75, 3.05) is 5.43 Å². The third kappa shape index (κ3) is 4.70. The van der Waals surface area contributed by atoms with Gasteiger partial charge in [-0.3, -0.25) is 10.8 Å². The predicted molar refractivity (Wildman–Crippen MR) is 86.4 cm³/mol. The Morgan fingerprint density at radius 2 is 1.71 bits per heavy atom. The second-order valence-corrected chi connectivity index (χ2v) is 5.11. The van der Waals surface area contributed by atoms with Gasteiger partial charge in [-0.05, 0) is 24.3 Å². The highest BCUT2D eigenvalue weighted by molar-refractivity contribution is 6.45. The van der Waals surface area contributed by atoms with Crippen molar-refractivity contribution in [2.24, 2.45) is 10.8 Å². The lowest BCUT2D eigenvalue weighted by Gasteiger charge is -2.12. The summed E-state index contributed by atoms with van der Waals surface area (Å²) in [6, 6.07) is 4.22. The first kappa shape index (κ1) is 20.6. The summed E-state index contributed by atoms with van der Waals surface area (Å²) < 4.78 is 84.0. The first-order valence-corrected chi connectivity index (χ1v) is 7.14. The van der Waals surface area contributed by atoms with Crippen LogP contribution >= 0.6 is 0 Å². The molecule has 0 amide bonds. The molecule has 0 radical (unpaired) electrons. The van der Waals surface area contributed by atoms with Crippen molar-refractivity contribution in [1.29, 1.82) is 10.7 Å². The monoisotopic (exact) mass is 401 g/mol. The number of nitriles is 1. The van der Waals surface area contributed by atoms with Crippen LogP contribution < -0.4 is 15.9 Å². The van der Waals surface area contributed by atoms with E-state index in [1.807, 2.05) is 0 Å². The second kappa shape index (κ2) is 7.87. The SMILES string of the molecule is N#C/C(=N\Nc1cc(Oc2c(F)cc(C(F)(F)F)cc2F)ccc1F)C(=N)N. The molecule has 2 aromatic carbocycles. The van der Waals surface area contributed by atoms with Gasteiger partial charge in [-0.1, -0.05) is 0 Å². The highest BCUT2D eigenvalue weighted by atomic mass is 19.4. The third-order valence-corrected chi connectivity index (χ3v) is 3.13. The van der Waals surface area contributed by atoms with Gasteiger partial charge in [-0.25, -0.2) is 13.2 Å². The molecule has 2 aromatic rings. The van der Waals surface area contributed by atoms with Crippen LogP contribution in [0.3, 0.4) is 0 Å². The van der Waals surface area contributed by atoms with Crippen LogP contribution in [0, 0.1) is 34.2 Å². The third-order valence-electron chi connectivity index (χ3n) is 3.13. The van der Waals surface area contributed by atoms with Crippen molar-refractivity contribution in [3.05, 3.63) is 53.3 Å². The molecule has 4 N–H and O–H groups in total. The number of alkyl halides is 3. The van der Waals surface area contributed by atoms with Gasteiger partial charge < -0.3 is 10.5 Å². The molecule has 0 aliphatic heterocycles. The number of hydrazone groups is 1. The lowest BCUT2D eigenvalue weighted by atomic mass is 10.2. The number of halogens is 6. The van der Waals surface area contributed by atoms with Gasteiger partial charge in [-0.15, -0.1) is 0 Å². The van der Waals surface area contributed by atoms with Crippen LogP contribution in [-0.2, 0) is 6.18 Å². The molecule has 12 heteroatoms. The molecule has 2 rings (SSSR count). The summed E-state index contributed by atoms with van der Waals surface area (Å²) in [5.41, 5.74) is 4.62. The number of nitrogens with one attached hydrogen (secondary N) is 2. The van der Waals surface area contributed by atoms with Crippen LogP contribution in [0.2, 0.25) is 0 Å². The first-order chi connectivity index (χ1) is 13.0. The molecule has 0 saturated heterocycles. The molecule has 0 bridgehead atoms. The number of rotatable bonds is 5. The Labute approximate surface area is 153 Å². The molecule has 0 aromatic heterocycles. The van der Waals surface area contributed by atoms with E-state index in [-0.39, 0.29) is 17.9 Å². The van der Waals surface area contributed by atoms with Gasteiger partial charge in [0.1, 0.15) is 17.6 Å². The minimum atomic E-state index is -4.96. The van der Waals surface area contributed by atoms with Gasteiger partial charge in [0, 0.05) is 6.07 Å². The van der Waals surface area contributed by atoms with E-state index in [1.165, 1.54) is 6.07 Å². The van der Waals surface area contributed by atoms with Crippen LogP contribution in [0.25, 0.3) is 0 Å². The van der Waals surface area contributed by atoms with Crippen molar-refractivity contribution in [3.8, 4) is 17.6 Å². The van der Waals surface area contributed by atoms with Crippen molar-refractivity contribution in [3.63, 3.8) is 0 Å². The summed E-state index contributed by atoms with van der Waals surface area (Å²) in [6.45, 7) is 0. The van der Waals surface area contributed by atoms with Gasteiger partial charge >= 0.3 is 6.18 Å². The number of anilines is 1. The number of nitrogens with zero attached hydrogens (tertiary/aromatic N) is 2. The highest BCUT2D eigenvalue weighted by Crippen LogP contribution is 2.36. The molecule has 6 nitrogen and oxygen atoms in total. The fraction of sp³-hybridized carbons (Fsp3) is 0.0625. The number of benzene rings is 2. The molecule has 0 fully saturated rings. The van der Waals surface area contributed by atoms with Gasteiger partial charge in [0.05, 0.1) is 11.3 Å². The average molecular weight is 401 g/mol. The Kier molecular flexibility index (Phi) is 5.78. The minimum Gasteiger partial charge on any atom is -0.451 e. The average Bonchev–Trinajstić information content (AvgIpc) is 2.59.